The third-order valence-corrected chi connectivity index (χ3v) is 6.19. The van der Waals surface area contributed by atoms with Crippen LogP contribution in [0.3, 0.4) is 0 Å². The summed E-state index contributed by atoms with van der Waals surface area (Å²) in [6.45, 7) is 1.98. The highest BCUT2D eigenvalue weighted by molar-refractivity contribution is 5.95. The Morgan fingerprint density at radius 3 is 2.73 bits per heavy atom. The molecule has 2 aromatic heterocycles. The largest absolute Gasteiger partial charge is 0.452 e. The number of hydrogen-bond donors (Lipinski definition) is 1. The SMILES string of the molecule is COC(=O)N1c2ccc(-c3cnn(C4CC4)c3)c(Oc3ncccc3C(N)=O)c2CCC1C. The van der Waals surface area contributed by atoms with Gasteiger partial charge in [-0.15, -0.1) is 0 Å². The Hall–Kier alpha value is -3.88. The highest BCUT2D eigenvalue weighted by atomic mass is 16.5. The van der Waals surface area contributed by atoms with Crippen LogP contribution in [0.15, 0.2) is 42.9 Å². The molecule has 1 aliphatic heterocycles. The first-order chi connectivity index (χ1) is 16.0. The van der Waals surface area contributed by atoms with Crippen molar-refractivity contribution < 1.29 is 19.1 Å². The van der Waals surface area contributed by atoms with E-state index in [2.05, 4.69) is 10.1 Å². The van der Waals surface area contributed by atoms with Gasteiger partial charge in [-0.05, 0) is 56.9 Å². The van der Waals surface area contributed by atoms with Crippen molar-refractivity contribution in [1.82, 2.24) is 14.8 Å². The Morgan fingerprint density at radius 2 is 2.00 bits per heavy atom. The lowest BCUT2D eigenvalue weighted by molar-refractivity contribution is 0.0997. The van der Waals surface area contributed by atoms with E-state index in [9.17, 15) is 9.59 Å². The van der Waals surface area contributed by atoms with Gasteiger partial charge >= 0.3 is 6.09 Å². The van der Waals surface area contributed by atoms with E-state index in [0.717, 1.165) is 36.0 Å². The van der Waals surface area contributed by atoms with Crippen molar-refractivity contribution in [2.24, 2.45) is 5.73 Å². The minimum absolute atomic E-state index is 0.0303. The predicted octanol–water partition coefficient (Wildman–Crippen LogP) is 4.08. The van der Waals surface area contributed by atoms with Gasteiger partial charge in [0.05, 0.1) is 25.0 Å². The number of hydrogen-bond acceptors (Lipinski definition) is 6. The number of methoxy groups -OCH3 is 1. The summed E-state index contributed by atoms with van der Waals surface area (Å²) in [6, 6.07) is 7.43. The van der Waals surface area contributed by atoms with Crippen LogP contribution in [0.2, 0.25) is 0 Å². The Balaban J connectivity index is 1.67. The number of anilines is 1. The Bertz CT molecular complexity index is 1230. The topological polar surface area (TPSA) is 113 Å². The first kappa shape index (κ1) is 21.0. The lowest BCUT2D eigenvalue weighted by Crippen LogP contribution is -2.42. The maximum absolute atomic E-state index is 12.6. The first-order valence-corrected chi connectivity index (χ1v) is 11.0. The van der Waals surface area contributed by atoms with Gasteiger partial charge in [-0.1, -0.05) is 0 Å². The second-order valence-corrected chi connectivity index (χ2v) is 8.43. The van der Waals surface area contributed by atoms with E-state index in [1.807, 2.05) is 36.1 Å². The molecule has 170 valence electrons. The number of carbonyl (C=O) groups is 2. The summed E-state index contributed by atoms with van der Waals surface area (Å²) in [6.07, 6.45) is 8.58. The maximum atomic E-state index is 12.6. The monoisotopic (exact) mass is 447 g/mol. The molecule has 2 amide bonds. The normalized spacial score (nSPS) is 17.4. The summed E-state index contributed by atoms with van der Waals surface area (Å²) < 4.78 is 13.3. The molecule has 1 aliphatic carbocycles. The first-order valence-electron chi connectivity index (χ1n) is 11.0. The molecule has 1 fully saturated rings. The van der Waals surface area contributed by atoms with Crippen molar-refractivity contribution in [3.63, 3.8) is 0 Å². The molecule has 2 N–H and O–H groups in total. The number of carbonyl (C=O) groups excluding carboxylic acids is 2. The molecule has 2 aliphatic rings. The Morgan fingerprint density at radius 1 is 1.18 bits per heavy atom. The minimum Gasteiger partial charge on any atom is -0.452 e. The van der Waals surface area contributed by atoms with E-state index in [-0.39, 0.29) is 17.5 Å². The molecule has 1 saturated carbocycles. The Kier molecular flexibility index (Phi) is 5.24. The van der Waals surface area contributed by atoms with E-state index in [1.165, 1.54) is 7.11 Å². The summed E-state index contributed by atoms with van der Waals surface area (Å²) >= 11 is 0. The molecule has 1 aromatic carbocycles. The third-order valence-electron chi connectivity index (χ3n) is 6.19. The number of primary amides is 1. The highest BCUT2D eigenvalue weighted by Crippen LogP contribution is 2.45. The molecule has 1 atom stereocenters. The van der Waals surface area contributed by atoms with Gasteiger partial charge in [0.1, 0.15) is 11.3 Å². The number of pyridine rings is 1. The zero-order chi connectivity index (χ0) is 23.1. The quantitative estimate of drug-likeness (QED) is 0.631. The average molecular weight is 447 g/mol. The number of benzene rings is 1. The van der Waals surface area contributed by atoms with Crippen molar-refractivity contribution in [1.29, 1.82) is 0 Å². The molecule has 0 spiro atoms. The van der Waals surface area contributed by atoms with E-state index in [0.29, 0.717) is 23.9 Å². The fourth-order valence-electron chi connectivity index (χ4n) is 4.30. The lowest BCUT2D eigenvalue weighted by Gasteiger charge is -2.35. The molecule has 9 nitrogen and oxygen atoms in total. The van der Waals surface area contributed by atoms with Crippen LogP contribution in [-0.4, -0.2) is 39.9 Å². The van der Waals surface area contributed by atoms with Gasteiger partial charge in [0.25, 0.3) is 5.91 Å². The summed E-state index contributed by atoms with van der Waals surface area (Å²) in [7, 11) is 1.37. The van der Waals surface area contributed by atoms with Gasteiger partial charge in [0.2, 0.25) is 5.88 Å². The summed E-state index contributed by atoms with van der Waals surface area (Å²) in [5.74, 6) is 0.0261. The molecule has 5 rings (SSSR count). The van der Waals surface area contributed by atoms with Gasteiger partial charge in [0, 0.05) is 35.1 Å². The smallest absolute Gasteiger partial charge is 0.414 e. The van der Waals surface area contributed by atoms with E-state index < -0.39 is 12.0 Å². The molecule has 0 saturated heterocycles. The second kappa shape index (κ2) is 8.23. The molecule has 3 aromatic rings. The van der Waals surface area contributed by atoms with Gasteiger partial charge in [0.15, 0.2) is 0 Å². The van der Waals surface area contributed by atoms with Crippen LogP contribution in [0.4, 0.5) is 10.5 Å². The maximum Gasteiger partial charge on any atom is 0.414 e. The van der Waals surface area contributed by atoms with Crippen molar-refractivity contribution in [2.75, 3.05) is 12.0 Å². The number of ether oxygens (including phenoxy) is 2. The van der Waals surface area contributed by atoms with E-state index >= 15 is 0 Å². The number of nitrogens with two attached hydrogens (primary N) is 1. The number of fused-ring (bicyclic) bond motifs is 1. The molecular weight excluding hydrogens is 422 g/mol. The van der Waals surface area contributed by atoms with Crippen LogP contribution in [0, 0.1) is 0 Å². The summed E-state index contributed by atoms with van der Waals surface area (Å²) in [5, 5.41) is 4.52. The number of rotatable bonds is 5. The van der Waals surface area contributed by atoms with Crippen LogP contribution in [0.5, 0.6) is 11.6 Å². The minimum atomic E-state index is -0.629. The summed E-state index contributed by atoms with van der Waals surface area (Å²) in [4.78, 5) is 30.4. The highest BCUT2D eigenvalue weighted by Gasteiger charge is 2.33. The van der Waals surface area contributed by atoms with Gasteiger partial charge in [-0.25, -0.2) is 9.78 Å². The molecular formula is C24H25N5O4. The standard InChI is InChI=1S/C24H25N5O4/c1-14-5-8-18-20(29(14)24(31)32-2)10-9-17(15-12-27-28(13-15)16-6-7-16)21(18)33-23-19(22(25)30)4-3-11-26-23/h3-4,9-14,16H,5-8H2,1-2H3,(H2,25,30). The van der Waals surface area contributed by atoms with Gasteiger partial charge < -0.3 is 15.2 Å². The molecule has 0 radical (unpaired) electrons. The number of nitrogens with zero attached hydrogens (tertiary/aromatic N) is 4. The van der Waals surface area contributed by atoms with E-state index in [1.54, 1.807) is 23.2 Å². The fraction of sp³-hybridized carbons (Fsp3) is 0.333. The van der Waals surface area contributed by atoms with Crippen molar-refractivity contribution in [2.45, 2.75) is 44.7 Å². The number of amides is 2. The third kappa shape index (κ3) is 3.79. The number of aromatic nitrogens is 3. The van der Waals surface area contributed by atoms with Crippen LogP contribution in [0.25, 0.3) is 11.1 Å². The van der Waals surface area contributed by atoms with E-state index in [4.69, 9.17) is 15.2 Å². The van der Waals surface area contributed by atoms with Gasteiger partial charge in [-0.2, -0.15) is 5.10 Å². The fourth-order valence-corrected chi connectivity index (χ4v) is 4.30. The zero-order valence-electron chi connectivity index (χ0n) is 18.5. The molecule has 3 heterocycles. The van der Waals surface area contributed by atoms with Gasteiger partial charge in [-0.3, -0.25) is 14.4 Å². The molecule has 9 heteroatoms. The van der Waals surface area contributed by atoms with Crippen LogP contribution >= 0.6 is 0 Å². The summed E-state index contributed by atoms with van der Waals surface area (Å²) in [5.41, 5.74) is 8.99. The molecule has 1 unspecified atom stereocenters. The van der Waals surface area contributed by atoms with Crippen molar-refractivity contribution >= 4 is 17.7 Å². The van der Waals surface area contributed by atoms with Crippen LogP contribution in [-0.2, 0) is 11.2 Å². The zero-order valence-corrected chi connectivity index (χ0v) is 18.5. The lowest BCUT2D eigenvalue weighted by atomic mass is 9.92. The average Bonchev–Trinajstić information content (AvgIpc) is 3.55. The molecule has 33 heavy (non-hydrogen) atoms. The Labute approximate surface area is 191 Å². The van der Waals surface area contributed by atoms with Crippen molar-refractivity contribution in [3.05, 3.63) is 54.0 Å². The van der Waals surface area contributed by atoms with Crippen LogP contribution in [0.1, 0.15) is 48.1 Å². The predicted molar refractivity (Wildman–Crippen MR) is 121 cm³/mol. The van der Waals surface area contributed by atoms with Crippen LogP contribution < -0.4 is 15.4 Å². The molecule has 0 bridgehead atoms. The second-order valence-electron chi connectivity index (χ2n) is 8.43. The van der Waals surface area contributed by atoms with Crippen molar-refractivity contribution in [3.8, 4) is 22.8 Å².